The molecule has 16 heavy (non-hydrogen) atoms. The normalized spacial score (nSPS) is 14.2. The molecule has 1 rings (SSSR count). The van der Waals surface area contributed by atoms with Crippen LogP contribution in [0.25, 0.3) is 0 Å². The molecule has 2 unspecified atom stereocenters. The number of aliphatic hydroxyl groups excluding tert-OH is 2. The third kappa shape index (κ3) is 3.25. The first-order valence-corrected chi connectivity index (χ1v) is 4.76. The van der Waals surface area contributed by atoms with E-state index in [4.69, 9.17) is 0 Å². The Morgan fingerprint density at radius 3 is 2.50 bits per heavy atom. The van der Waals surface area contributed by atoms with E-state index in [9.17, 15) is 15.0 Å². The Balaban J connectivity index is 2.66. The van der Waals surface area contributed by atoms with Crippen molar-refractivity contribution in [2.45, 2.75) is 25.6 Å². The standard InChI is InChI=1S/C10H14N2O4/c1-6-11-4-7(5-12-6)10(15)8(13)3-9(14)16-2/h4-5,8,10,13,15H,3H2,1-2H3. The zero-order chi connectivity index (χ0) is 12.1. The highest BCUT2D eigenvalue weighted by Crippen LogP contribution is 2.17. The average Bonchev–Trinajstić information content (AvgIpc) is 2.28. The van der Waals surface area contributed by atoms with Crippen LogP contribution < -0.4 is 0 Å². The molecule has 6 heteroatoms. The Morgan fingerprint density at radius 1 is 1.44 bits per heavy atom. The van der Waals surface area contributed by atoms with Crippen LogP contribution in [0, 0.1) is 6.92 Å². The van der Waals surface area contributed by atoms with Crippen LogP contribution in [0.5, 0.6) is 0 Å². The molecule has 0 aliphatic heterocycles. The highest BCUT2D eigenvalue weighted by Gasteiger charge is 2.22. The number of rotatable bonds is 4. The third-order valence-corrected chi connectivity index (χ3v) is 2.11. The number of nitrogens with zero attached hydrogens (tertiary/aromatic N) is 2. The smallest absolute Gasteiger partial charge is 0.308 e. The van der Waals surface area contributed by atoms with Gasteiger partial charge in [0, 0.05) is 18.0 Å². The van der Waals surface area contributed by atoms with E-state index >= 15 is 0 Å². The van der Waals surface area contributed by atoms with Gasteiger partial charge in [-0.25, -0.2) is 9.97 Å². The summed E-state index contributed by atoms with van der Waals surface area (Å²) in [6.45, 7) is 1.71. The Morgan fingerprint density at radius 2 is 2.00 bits per heavy atom. The van der Waals surface area contributed by atoms with Crippen molar-refractivity contribution < 1.29 is 19.7 Å². The fourth-order valence-corrected chi connectivity index (χ4v) is 1.14. The molecule has 0 amide bonds. The van der Waals surface area contributed by atoms with Crippen molar-refractivity contribution in [2.24, 2.45) is 0 Å². The monoisotopic (exact) mass is 226 g/mol. The number of hydrogen-bond donors (Lipinski definition) is 2. The molecule has 1 aromatic heterocycles. The van der Waals surface area contributed by atoms with Gasteiger partial charge in [0.25, 0.3) is 0 Å². The molecule has 1 heterocycles. The molecule has 0 spiro atoms. The summed E-state index contributed by atoms with van der Waals surface area (Å²) >= 11 is 0. The number of aryl methyl sites for hydroxylation is 1. The first kappa shape index (κ1) is 12.5. The number of aromatic nitrogens is 2. The topological polar surface area (TPSA) is 92.5 Å². The molecule has 2 atom stereocenters. The van der Waals surface area contributed by atoms with Crippen molar-refractivity contribution in [1.29, 1.82) is 0 Å². The summed E-state index contributed by atoms with van der Waals surface area (Å²) in [5.41, 5.74) is 0.363. The number of aliphatic hydroxyl groups is 2. The van der Waals surface area contributed by atoms with Crippen molar-refractivity contribution in [3.63, 3.8) is 0 Å². The molecule has 0 saturated heterocycles. The number of esters is 1. The van der Waals surface area contributed by atoms with Gasteiger partial charge >= 0.3 is 5.97 Å². The van der Waals surface area contributed by atoms with Crippen molar-refractivity contribution in [2.75, 3.05) is 7.11 Å². The maximum atomic E-state index is 10.9. The summed E-state index contributed by atoms with van der Waals surface area (Å²) in [6.07, 6.45) is 0.130. The molecule has 2 N–H and O–H groups in total. The second-order valence-corrected chi connectivity index (χ2v) is 3.36. The summed E-state index contributed by atoms with van der Waals surface area (Å²) in [5, 5.41) is 19.2. The highest BCUT2D eigenvalue weighted by molar-refractivity contribution is 5.69. The minimum Gasteiger partial charge on any atom is -0.469 e. The first-order valence-electron chi connectivity index (χ1n) is 4.76. The van der Waals surface area contributed by atoms with Crippen LogP contribution in [0.1, 0.15) is 23.9 Å². The van der Waals surface area contributed by atoms with Gasteiger partial charge in [-0.05, 0) is 6.92 Å². The fourth-order valence-electron chi connectivity index (χ4n) is 1.14. The zero-order valence-electron chi connectivity index (χ0n) is 9.12. The van der Waals surface area contributed by atoms with Gasteiger partial charge in [-0.1, -0.05) is 0 Å². The number of methoxy groups -OCH3 is 1. The minimum atomic E-state index is -1.22. The first-order chi connectivity index (χ1) is 7.54. The van der Waals surface area contributed by atoms with Crippen LogP contribution in [0.15, 0.2) is 12.4 Å². The molecule has 1 aromatic rings. The molecule has 88 valence electrons. The van der Waals surface area contributed by atoms with E-state index in [-0.39, 0.29) is 6.42 Å². The van der Waals surface area contributed by atoms with Crippen LogP contribution in [-0.4, -0.2) is 39.4 Å². The van der Waals surface area contributed by atoms with E-state index in [1.54, 1.807) is 6.92 Å². The van der Waals surface area contributed by atoms with Gasteiger partial charge in [0.1, 0.15) is 11.9 Å². The van der Waals surface area contributed by atoms with E-state index in [1.165, 1.54) is 19.5 Å². The summed E-state index contributed by atoms with van der Waals surface area (Å²) in [7, 11) is 1.22. The third-order valence-electron chi connectivity index (χ3n) is 2.11. The molecule has 0 aliphatic carbocycles. The van der Waals surface area contributed by atoms with Gasteiger partial charge in [-0.15, -0.1) is 0 Å². The molecule has 0 fully saturated rings. The lowest BCUT2D eigenvalue weighted by Crippen LogP contribution is -2.22. The van der Waals surface area contributed by atoms with Crippen LogP contribution in [0.3, 0.4) is 0 Å². The molecule has 0 saturated carbocycles. The number of hydrogen-bond acceptors (Lipinski definition) is 6. The van der Waals surface area contributed by atoms with E-state index < -0.39 is 18.2 Å². The van der Waals surface area contributed by atoms with Crippen molar-refractivity contribution in [3.05, 3.63) is 23.8 Å². The predicted octanol–water partition coefficient (Wildman–Crippen LogP) is -0.258. The van der Waals surface area contributed by atoms with Crippen LogP contribution in [0.4, 0.5) is 0 Å². The maximum Gasteiger partial charge on any atom is 0.308 e. The second-order valence-electron chi connectivity index (χ2n) is 3.36. The maximum absolute atomic E-state index is 10.9. The van der Waals surface area contributed by atoms with Crippen molar-refractivity contribution in [3.8, 4) is 0 Å². The minimum absolute atomic E-state index is 0.272. The molecule has 6 nitrogen and oxygen atoms in total. The average molecular weight is 226 g/mol. The second kappa shape index (κ2) is 5.53. The Hall–Kier alpha value is -1.53. The van der Waals surface area contributed by atoms with Gasteiger partial charge in [0.15, 0.2) is 0 Å². The number of ether oxygens (including phenoxy) is 1. The zero-order valence-corrected chi connectivity index (χ0v) is 9.12. The van der Waals surface area contributed by atoms with Gasteiger partial charge in [0.2, 0.25) is 0 Å². The van der Waals surface area contributed by atoms with E-state index in [0.29, 0.717) is 11.4 Å². The van der Waals surface area contributed by atoms with Crippen LogP contribution in [-0.2, 0) is 9.53 Å². The number of carbonyl (C=O) groups excluding carboxylic acids is 1. The van der Waals surface area contributed by atoms with Gasteiger partial charge < -0.3 is 14.9 Å². The lowest BCUT2D eigenvalue weighted by atomic mass is 10.1. The summed E-state index contributed by atoms with van der Waals surface area (Å²) in [4.78, 5) is 18.7. The SMILES string of the molecule is COC(=O)CC(O)C(O)c1cnc(C)nc1. The Kier molecular flexibility index (Phi) is 4.33. The van der Waals surface area contributed by atoms with Gasteiger partial charge in [0.05, 0.1) is 19.6 Å². The predicted molar refractivity (Wildman–Crippen MR) is 54.4 cm³/mol. The fraction of sp³-hybridized carbons (Fsp3) is 0.500. The summed E-state index contributed by atoms with van der Waals surface area (Å²) in [6, 6.07) is 0. The van der Waals surface area contributed by atoms with Gasteiger partial charge in [-0.3, -0.25) is 4.79 Å². The quantitative estimate of drug-likeness (QED) is 0.687. The molecule has 0 radical (unpaired) electrons. The molecule has 0 aliphatic rings. The van der Waals surface area contributed by atoms with E-state index in [0.717, 1.165) is 0 Å². The Labute approximate surface area is 92.9 Å². The Bertz CT molecular complexity index is 352. The van der Waals surface area contributed by atoms with Crippen molar-refractivity contribution in [1.82, 2.24) is 9.97 Å². The van der Waals surface area contributed by atoms with Crippen molar-refractivity contribution >= 4 is 5.97 Å². The molecular formula is C10H14N2O4. The number of carbonyl (C=O) groups is 1. The molecular weight excluding hydrogens is 212 g/mol. The van der Waals surface area contributed by atoms with E-state index in [1.807, 2.05) is 0 Å². The highest BCUT2D eigenvalue weighted by atomic mass is 16.5. The lowest BCUT2D eigenvalue weighted by Gasteiger charge is -2.16. The molecule has 0 aromatic carbocycles. The molecule has 0 bridgehead atoms. The van der Waals surface area contributed by atoms with Crippen LogP contribution in [0.2, 0.25) is 0 Å². The summed E-state index contributed by atoms with van der Waals surface area (Å²) < 4.78 is 4.38. The summed E-state index contributed by atoms with van der Waals surface area (Å²) in [5.74, 6) is -0.0158. The van der Waals surface area contributed by atoms with Crippen LogP contribution >= 0.6 is 0 Å². The lowest BCUT2D eigenvalue weighted by molar-refractivity contribution is -0.144. The largest absolute Gasteiger partial charge is 0.469 e. The van der Waals surface area contributed by atoms with Gasteiger partial charge in [-0.2, -0.15) is 0 Å². The van der Waals surface area contributed by atoms with E-state index in [2.05, 4.69) is 14.7 Å².